The van der Waals surface area contributed by atoms with Crippen LogP contribution in [0.2, 0.25) is 0 Å². The average Bonchev–Trinajstić information content (AvgIpc) is 2.91. The molecule has 1 heterocycles. The van der Waals surface area contributed by atoms with E-state index in [0.29, 0.717) is 5.46 Å². The van der Waals surface area contributed by atoms with Crippen molar-refractivity contribution in [3.8, 4) is 5.75 Å². The third kappa shape index (κ3) is 6.96. The summed E-state index contributed by atoms with van der Waals surface area (Å²) >= 11 is 1.45. The fourth-order valence-electron chi connectivity index (χ4n) is 1.29. The van der Waals surface area contributed by atoms with Gasteiger partial charge in [0.1, 0.15) is 5.75 Å². The minimum absolute atomic E-state index is 0.0632. The minimum Gasteiger partial charge on any atom is -0.423 e. The third-order valence-corrected chi connectivity index (χ3v) is 2.93. The van der Waals surface area contributed by atoms with Crippen LogP contribution in [0.5, 0.6) is 5.75 Å². The van der Waals surface area contributed by atoms with E-state index in [1.54, 1.807) is 16.8 Å². The van der Waals surface area contributed by atoms with Gasteiger partial charge in [-0.2, -0.15) is 11.3 Å². The van der Waals surface area contributed by atoms with Crippen LogP contribution < -0.4 is 15.7 Å². The topological polar surface area (TPSA) is 90.2 Å². The molecule has 11 heteroatoms. The zero-order chi connectivity index (χ0) is 16.8. The van der Waals surface area contributed by atoms with Gasteiger partial charge in [0.25, 0.3) is 0 Å². The predicted molar refractivity (Wildman–Crippen MR) is 77.1 cm³/mol. The summed E-state index contributed by atoms with van der Waals surface area (Å²) in [5.41, 5.74) is 0.502. The largest absolute Gasteiger partial charge is 0.573 e. The molecule has 1 aromatic carbocycles. The van der Waals surface area contributed by atoms with Gasteiger partial charge in [-0.05, 0) is 33.8 Å². The first kappa shape index (κ1) is 18.5. The van der Waals surface area contributed by atoms with E-state index in [4.69, 9.17) is 20.1 Å². The van der Waals surface area contributed by atoms with E-state index in [2.05, 4.69) is 4.74 Å². The fourth-order valence-corrected chi connectivity index (χ4v) is 1.97. The molecule has 0 aliphatic carbocycles. The molecule has 0 amide bonds. The Bertz CT molecular complexity index is 563. The zero-order valence-corrected chi connectivity index (χ0v) is 11.8. The van der Waals surface area contributed by atoms with Crippen molar-refractivity contribution in [3.63, 3.8) is 0 Å². The van der Waals surface area contributed by atoms with Crippen molar-refractivity contribution in [1.29, 1.82) is 0 Å². The molecule has 2 rings (SSSR count). The van der Waals surface area contributed by atoms with Crippen LogP contribution in [0.3, 0.4) is 0 Å². The molecule has 0 aliphatic heterocycles. The van der Waals surface area contributed by atoms with E-state index in [1.165, 1.54) is 23.5 Å². The van der Waals surface area contributed by atoms with Gasteiger partial charge >= 0.3 is 20.6 Å². The van der Waals surface area contributed by atoms with Crippen LogP contribution in [0.4, 0.5) is 13.2 Å². The molecule has 2 aromatic rings. The van der Waals surface area contributed by atoms with E-state index in [1.807, 2.05) is 0 Å². The molecule has 0 fully saturated rings. The van der Waals surface area contributed by atoms with Gasteiger partial charge in [-0.3, -0.25) is 0 Å². The van der Waals surface area contributed by atoms with Crippen LogP contribution in [0, 0.1) is 0 Å². The lowest BCUT2D eigenvalue weighted by atomic mass is 9.80. The first-order chi connectivity index (χ1) is 10.2. The Hall–Kier alpha value is -1.52. The van der Waals surface area contributed by atoms with Gasteiger partial charge in [-0.1, -0.05) is 18.2 Å². The number of halogens is 3. The minimum atomic E-state index is -4.78. The SMILES string of the molecule is OB(O)c1cccc(OC(F)(F)F)c1.OB(O)c1ccsc1. The summed E-state index contributed by atoms with van der Waals surface area (Å²) in [4.78, 5) is 0. The fraction of sp³-hybridized carbons (Fsp3) is 0.0909. The Labute approximate surface area is 128 Å². The second-order valence-corrected chi connectivity index (χ2v) is 4.70. The summed E-state index contributed by atoms with van der Waals surface area (Å²) in [6.45, 7) is 0. The molecule has 0 aliphatic rings. The lowest BCUT2D eigenvalue weighted by molar-refractivity contribution is -0.274. The molecule has 22 heavy (non-hydrogen) atoms. The van der Waals surface area contributed by atoms with Crippen LogP contribution in [0.15, 0.2) is 41.1 Å². The van der Waals surface area contributed by atoms with Crippen LogP contribution in [-0.4, -0.2) is 40.7 Å². The van der Waals surface area contributed by atoms with Gasteiger partial charge in [0, 0.05) is 0 Å². The standard InChI is InChI=1S/C7H6BF3O3.C4H5BO2S/c9-7(10,11)14-6-3-1-2-5(4-6)8(12)13;6-5(7)4-1-2-8-3-4/h1-4,12-13H;1-3,6-7H. The van der Waals surface area contributed by atoms with Gasteiger partial charge in [0.05, 0.1) is 0 Å². The Morgan fingerprint density at radius 2 is 1.59 bits per heavy atom. The normalized spacial score (nSPS) is 10.5. The second-order valence-electron chi connectivity index (χ2n) is 3.92. The maximum atomic E-state index is 11.7. The maximum absolute atomic E-state index is 11.7. The van der Waals surface area contributed by atoms with E-state index in [9.17, 15) is 13.2 Å². The molecular weight excluding hydrogens is 323 g/mol. The number of hydrogen-bond acceptors (Lipinski definition) is 6. The number of thiophene rings is 1. The highest BCUT2D eigenvalue weighted by atomic mass is 32.1. The van der Waals surface area contributed by atoms with Crippen LogP contribution in [0.1, 0.15) is 0 Å². The summed E-state index contributed by atoms with van der Waals surface area (Å²) in [6.07, 6.45) is -4.78. The van der Waals surface area contributed by atoms with Crippen LogP contribution in [-0.2, 0) is 0 Å². The molecule has 1 aromatic heterocycles. The average molecular weight is 334 g/mol. The number of rotatable bonds is 3. The van der Waals surface area contributed by atoms with Crippen molar-refractivity contribution in [1.82, 2.24) is 0 Å². The highest BCUT2D eigenvalue weighted by molar-refractivity contribution is 7.09. The number of ether oxygens (including phenoxy) is 1. The van der Waals surface area contributed by atoms with E-state index < -0.39 is 26.3 Å². The second kappa shape index (κ2) is 8.20. The van der Waals surface area contributed by atoms with Gasteiger partial charge in [0.15, 0.2) is 0 Å². The molecule has 4 N–H and O–H groups in total. The van der Waals surface area contributed by atoms with Crippen molar-refractivity contribution < 1.29 is 38.0 Å². The Morgan fingerprint density at radius 1 is 0.955 bits per heavy atom. The number of alkyl halides is 3. The maximum Gasteiger partial charge on any atom is 0.573 e. The van der Waals surface area contributed by atoms with Gasteiger partial charge in [-0.25, -0.2) is 0 Å². The van der Waals surface area contributed by atoms with Crippen molar-refractivity contribution in [2.24, 2.45) is 0 Å². The van der Waals surface area contributed by atoms with Gasteiger partial charge in [0.2, 0.25) is 0 Å². The van der Waals surface area contributed by atoms with Gasteiger partial charge < -0.3 is 24.8 Å². The Balaban J connectivity index is 0.000000255. The molecular formula is C11H11B2F3O5S. The molecule has 118 valence electrons. The third-order valence-electron chi connectivity index (χ3n) is 2.23. The van der Waals surface area contributed by atoms with Crippen LogP contribution >= 0.6 is 11.3 Å². The lowest BCUT2D eigenvalue weighted by Gasteiger charge is -2.09. The Kier molecular flexibility index (Phi) is 6.91. The summed E-state index contributed by atoms with van der Waals surface area (Å²) in [5.74, 6) is -0.483. The quantitative estimate of drug-likeness (QED) is 0.579. The Morgan fingerprint density at radius 3 is 2.00 bits per heavy atom. The van der Waals surface area contributed by atoms with E-state index in [0.717, 1.165) is 12.1 Å². The lowest BCUT2D eigenvalue weighted by Crippen LogP contribution is -2.30. The molecule has 5 nitrogen and oxygen atoms in total. The summed E-state index contributed by atoms with van der Waals surface area (Å²) < 4.78 is 38.8. The zero-order valence-electron chi connectivity index (χ0n) is 10.9. The van der Waals surface area contributed by atoms with E-state index in [-0.39, 0.29) is 5.46 Å². The van der Waals surface area contributed by atoms with Crippen molar-refractivity contribution >= 4 is 36.5 Å². The summed E-state index contributed by atoms with van der Waals surface area (Å²) in [5, 5.41) is 37.8. The van der Waals surface area contributed by atoms with E-state index >= 15 is 0 Å². The first-order valence-electron chi connectivity index (χ1n) is 5.79. The van der Waals surface area contributed by atoms with Crippen molar-refractivity contribution in [2.75, 3.05) is 0 Å². The molecule has 0 atom stereocenters. The molecule has 0 saturated carbocycles. The van der Waals surface area contributed by atoms with Crippen molar-refractivity contribution in [3.05, 3.63) is 41.1 Å². The summed E-state index contributed by atoms with van der Waals surface area (Å²) in [6, 6.07) is 6.15. The monoisotopic (exact) mass is 334 g/mol. The molecule has 0 saturated heterocycles. The first-order valence-corrected chi connectivity index (χ1v) is 6.73. The predicted octanol–water partition coefficient (Wildman–Crippen LogP) is -0.307. The molecule has 0 spiro atoms. The number of benzene rings is 1. The summed E-state index contributed by atoms with van der Waals surface area (Å²) in [7, 11) is -3.12. The van der Waals surface area contributed by atoms with Crippen LogP contribution in [0.25, 0.3) is 0 Å². The highest BCUT2D eigenvalue weighted by Gasteiger charge is 2.31. The number of hydrogen-bond donors (Lipinski definition) is 4. The smallest absolute Gasteiger partial charge is 0.423 e. The molecule has 0 bridgehead atoms. The molecule has 0 unspecified atom stereocenters. The molecule has 0 radical (unpaired) electrons. The highest BCUT2D eigenvalue weighted by Crippen LogP contribution is 2.21. The van der Waals surface area contributed by atoms with Crippen molar-refractivity contribution in [2.45, 2.75) is 6.36 Å². The van der Waals surface area contributed by atoms with Gasteiger partial charge in [-0.15, -0.1) is 13.2 Å².